The van der Waals surface area contributed by atoms with Crippen LogP contribution in [0.5, 0.6) is 5.75 Å². The second kappa shape index (κ2) is 9.24. The number of piperazine rings is 1. The van der Waals surface area contributed by atoms with E-state index in [2.05, 4.69) is 24.3 Å². The minimum absolute atomic E-state index is 0.0873. The lowest BCUT2D eigenvalue weighted by Gasteiger charge is -2.31. The van der Waals surface area contributed by atoms with Crippen LogP contribution in [0.4, 0.5) is 5.69 Å². The number of amides is 2. The van der Waals surface area contributed by atoms with Crippen molar-refractivity contribution in [3.63, 3.8) is 0 Å². The second-order valence-electron chi connectivity index (χ2n) is 7.95. The van der Waals surface area contributed by atoms with E-state index in [4.69, 9.17) is 4.74 Å². The molecule has 2 fully saturated rings. The van der Waals surface area contributed by atoms with E-state index in [1.165, 1.54) is 20.3 Å². The summed E-state index contributed by atoms with van der Waals surface area (Å²) in [6, 6.07) is 17.2. The van der Waals surface area contributed by atoms with Crippen LogP contribution in [0.2, 0.25) is 0 Å². The first-order valence-electron chi connectivity index (χ1n) is 10.6. The summed E-state index contributed by atoms with van der Waals surface area (Å²) in [4.78, 5) is 29.8. The molecule has 2 aromatic rings. The highest BCUT2D eigenvalue weighted by atomic mass is 16.5. The Morgan fingerprint density at radius 3 is 2.53 bits per heavy atom. The van der Waals surface area contributed by atoms with Gasteiger partial charge in [-0.1, -0.05) is 42.5 Å². The van der Waals surface area contributed by atoms with Crippen molar-refractivity contribution in [1.29, 1.82) is 0 Å². The third-order valence-corrected chi connectivity index (χ3v) is 6.07. The molecule has 2 aliphatic rings. The molecular weight excluding hydrogens is 378 g/mol. The SMILES string of the molecule is COc1cccc(N2C(=O)C[C@H]([NH+]3CC[NH+](C/C=C/c4ccccc4)CC3)C2=O)c1. The summed E-state index contributed by atoms with van der Waals surface area (Å²) in [5.74, 6) is 0.437. The van der Waals surface area contributed by atoms with Crippen LogP contribution in [0.25, 0.3) is 6.08 Å². The Labute approximate surface area is 177 Å². The minimum atomic E-state index is -0.273. The first kappa shape index (κ1) is 20.3. The van der Waals surface area contributed by atoms with Crippen LogP contribution in [-0.4, -0.2) is 57.7 Å². The molecule has 1 atom stereocenters. The fourth-order valence-corrected chi connectivity index (χ4v) is 4.37. The average molecular weight is 408 g/mol. The van der Waals surface area contributed by atoms with Gasteiger partial charge in [0.15, 0.2) is 6.04 Å². The van der Waals surface area contributed by atoms with Gasteiger partial charge in [0.2, 0.25) is 5.91 Å². The van der Waals surface area contributed by atoms with Gasteiger partial charge in [-0.05, 0) is 23.8 Å². The zero-order valence-electron chi connectivity index (χ0n) is 17.3. The van der Waals surface area contributed by atoms with E-state index in [9.17, 15) is 9.59 Å². The number of hydrogen-bond donors (Lipinski definition) is 2. The first-order valence-corrected chi connectivity index (χ1v) is 10.6. The molecule has 2 aliphatic heterocycles. The molecule has 0 unspecified atom stereocenters. The number of carbonyl (C=O) groups is 2. The molecule has 0 radical (unpaired) electrons. The fraction of sp³-hybridized carbons (Fsp3) is 0.333. The van der Waals surface area contributed by atoms with Crippen molar-refractivity contribution in [2.24, 2.45) is 0 Å². The summed E-state index contributed by atoms with van der Waals surface area (Å²) < 4.78 is 5.24. The summed E-state index contributed by atoms with van der Waals surface area (Å²) in [6.45, 7) is 4.81. The molecule has 2 saturated heterocycles. The van der Waals surface area contributed by atoms with Crippen molar-refractivity contribution in [1.82, 2.24) is 0 Å². The number of quaternary nitrogens is 2. The molecule has 0 bridgehead atoms. The van der Waals surface area contributed by atoms with E-state index < -0.39 is 0 Å². The van der Waals surface area contributed by atoms with Gasteiger partial charge >= 0.3 is 0 Å². The topological polar surface area (TPSA) is 55.5 Å². The number of nitrogens with zero attached hydrogens (tertiary/aromatic N) is 1. The normalized spacial score (nSPS) is 24.6. The van der Waals surface area contributed by atoms with Crippen LogP contribution < -0.4 is 19.4 Å². The van der Waals surface area contributed by atoms with Gasteiger partial charge < -0.3 is 14.5 Å². The Hall–Kier alpha value is -2.96. The monoisotopic (exact) mass is 407 g/mol. The van der Waals surface area contributed by atoms with Gasteiger partial charge in [0.1, 0.15) is 31.9 Å². The van der Waals surface area contributed by atoms with Crippen molar-refractivity contribution < 1.29 is 24.1 Å². The van der Waals surface area contributed by atoms with Crippen LogP contribution in [0.1, 0.15) is 12.0 Å². The standard InChI is InChI=1S/C24H27N3O3/c1-30-21-11-5-10-20(17-21)27-23(28)18-22(24(27)29)26-15-13-25(14-16-26)12-6-9-19-7-3-2-4-8-19/h2-11,17,22H,12-16,18H2,1H3/p+2/b9-6+/t22-/m0/s1. The van der Waals surface area contributed by atoms with E-state index in [1.807, 2.05) is 24.3 Å². The fourth-order valence-electron chi connectivity index (χ4n) is 4.37. The Kier molecular flexibility index (Phi) is 6.26. The number of carbonyl (C=O) groups excluding carboxylic acids is 2. The molecule has 0 aliphatic carbocycles. The Morgan fingerprint density at radius 2 is 1.80 bits per heavy atom. The third kappa shape index (κ3) is 4.45. The lowest BCUT2D eigenvalue weighted by molar-refractivity contribution is -1.02. The minimum Gasteiger partial charge on any atom is -0.497 e. The van der Waals surface area contributed by atoms with Crippen molar-refractivity contribution in [3.05, 3.63) is 66.2 Å². The molecular formula is C24H29N3O3+2. The van der Waals surface area contributed by atoms with Crippen molar-refractivity contribution >= 4 is 23.6 Å². The van der Waals surface area contributed by atoms with Gasteiger partial charge in [0, 0.05) is 6.07 Å². The third-order valence-electron chi connectivity index (χ3n) is 6.07. The van der Waals surface area contributed by atoms with Crippen molar-refractivity contribution in [2.75, 3.05) is 44.7 Å². The molecule has 0 aromatic heterocycles. The zero-order chi connectivity index (χ0) is 20.9. The Balaban J connectivity index is 1.33. The largest absolute Gasteiger partial charge is 0.497 e. The van der Waals surface area contributed by atoms with Gasteiger partial charge in [0.05, 0.1) is 25.8 Å². The molecule has 6 nitrogen and oxygen atoms in total. The van der Waals surface area contributed by atoms with Crippen LogP contribution in [-0.2, 0) is 9.59 Å². The summed E-state index contributed by atoms with van der Waals surface area (Å²) >= 11 is 0. The van der Waals surface area contributed by atoms with Gasteiger partial charge in [-0.3, -0.25) is 9.59 Å². The lowest BCUT2D eigenvalue weighted by Crippen LogP contribution is -3.30. The van der Waals surface area contributed by atoms with Gasteiger partial charge in [-0.15, -0.1) is 0 Å². The number of imide groups is 1. The number of benzene rings is 2. The maximum Gasteiger partial charge on any atom is 0.292 e. The summed E-state index contributed by atoms with van der Waals surface area (Å²) in [5.41, 5.74) is 1.82. The molecule has 30 heavy (non-hydrogen) atoms. The highest BCUT2D eigenvalue weighted by Crippen LogP contribution is 2.25. The molecule has 156 valence electrons. The first-order chi connectivity index (χ1) is 14.7. The van der Waals surface area contributed by atoms with Crippen LogP contribution in [0, 0.1) is 0 Å². The smallest absolute Gasteiger partial charge is 0.292 e. The molecule has 4 rings (SSSR count). The number of methoxy groups -OCH3 is 1. The Bertz CT molecular complexity index is 920. The predicted octanol–water partition coefficient (Wildman–Crippen LogP) is -0.176. The van der Waals surface area contributed by atoms with Gasteiger partial charge in [-0.2, -0.15) is 0 Å². The van der Waals surface area contributed by atoms with E-state index in [-0.39, 0.29) is 24.3 Å². The number of ether oxygens (including phenoxy) is 1. The molecule has 2 aromatic carbocycles. The number of nitrogens with one attached hydrogen (secondary N) is 2. The summed E-state index contributed by atoms with van der Waals surface area (Å²) in [5, 5.41) is 0. The molecule has 2 N–H and O–H groups in total. The number of hydrogen-bond acceptors (Lipinski definition) is 3. The predicted molar refractivity (Wildman–Crippen MR) is 116 cm³/mol. The van der Waals surface area contributed by atoms with Crippen LogP contribution >= 0.6 is 0 Å². The maximum atomic E-state index is 13.1. The lowest BCUT2D eigenvalue weighted by atomic mass is 10.1. The van der Waals surface area contributed by atoms with Crippen LogP contribution in [0.3, 0.4) is 0 Å². The van der Waals surface area contributed by atoms with E-state index in [0.29, 0.717) is 11.4 Å². The van der Waals surface area contributed by atoms with Gasteiger partial charge in [-0.25, -0.2) is 4.90 Å². The van der Waals surface area contributed by atoms with Gasteiger partial charge in [0.25, 0.3) is 5.91 Å². The Morgan fingerprint density at radius 1 is 1.03 bits per heavy atom. The molecule has 0 spiro atoms. The maximum absolute atomic E-state index is 13.1. The van der Waals surface area contributed by atoms with Crippen molar-refractivity contribution in [2.45, 2.75) is 12.5 Å². The summed E-state index contributed by atoms with van der Waals surface area (Å²) in [7, 11) is 1.58. The molecule has 6 heteroatoms. The highest BCUT2D eigenvalue weighted by molar-refractivity contribution is 6.21. The van der Waals surface area contributed by atoms with E-state index in [1.54, 1.807) is 25.3 Å². The summed E-state index contributed by atoms with van der Waals surface area (Å²) in [6.07, 6.45) is 4.68. The second-order valence-corrected chi connectivity index (χ2v) is 7.95. The molecule has 2 amide bonds. The number of rotatable bonds is 6. The van der Waals surface area contributed by atoms with Crippen LogP contribution in [0.15, 0.2) is 60.7 Å². The highest BCUT2D eigenvalue weighted by Gasteiger charge is 2.46. The quantitative estimate of drug-likeness (QED) is 0.654. The zero-order valence-corrected chi connectivity index (χ0v) is 17.3. The molecule has 2 heterocycles. The van der Waals surface area contributed by atoms with E-state index in [0.717, 1.165) is 32.7 Å². The molecule has 0 saturated carbocycles. The van der Waals surface area contributed by atoms with Crippen molar-refractivity contribution in [3.8, 4) is 5.75 Å². The number of anilines is 1. The average Bonchev–Trinajstić information content (AvgIpc) is 3.09. The van der Waals surface area contributed by atoms with E-state index >= 15 is 0 Å².